The van der Waals surface area contributed by atoms with Gasteiger partial charge in [0.2, 0.25) is 0 Å². The van der Waals surface area contributed by atoms with E-state index in [0.717, 1.165) is 12.2 Å². The van der Waals surface area contributed by atoms with Crippen molar-refractivity contribution in [1.82, 2.24) is 9.97 Å². The van der Waals surface area contributed by atoms with Gasteiger partial charge < -0.3 is 20.8 Å². The van der Waals surface area contributed by atoms with Crippen molar-refractivity contribution >= 4 is 11.4 Å². The van der Waals surface area contributed by atoms with Gasteiger partial charge in [-0.3, -0.25) is 0 Å². The number of benzene rings is 1. The summed E-state index contributed by atoms with van der Waals surface area (Å²) in [5.41, 5.74) is 6.74. The van der Waals surface area contributed by atoms with Gasteiger partial charge in [0.15, 0.2) is 11.6 Å². The molecular weight excluding hydrogens is 247 g/mol. The summed E-state index contributed by atoms with van der Waals surface area (Å²) < 4.78 is 18.9. The van der Waals surface area contributed by atoms with Crippen LogP contribution < -0.4 is 15.8 Å². The lowest BCUT2D eigenvalue weighted by molar-refractivity contribution is 0.301. The highest BCUT2D eigenvalue weighted by Gasteiger charge is 2.09. The van der Waals surface area contributed by atoms with E-state index in [2.05, 4.69) is 15.3 Å². The van der Waals surface area contributed by atoms with E-state index in [0.29, 0.717) is 24.5 Å². The predicted octanol–water partition coefficient (Wildman–Crippen LogP) is 2.53. The Morgan fingerprint density at radius 3 is 3.00 bits per heavy atom. The smallest absolute Gasteiger partial charge is 0.167 e. The molecule has 0 radical (unpaired) electrons. The molecule has 19 heavy (non-hydrogen) atoms. The molecule has 0 amide bonds. The molecule has 2 rings (SSSR count). The topological polar surface area (TPSA) is 76.0 Å². The third kappa shape index (κ3) is 3.37. The van der Waals surface area contributed by atoms with E-state index in [9.17, 15) is 4.39 Å². The molecule has 0 saturated carbocycles. The molecule has 0 aliphatic heterocycles. The van der Waals surface area contributed by atoms with E-state index >= 15 is 0 Å². The molecule has 102 valence electrons. The average molecular weight is 264 g/mol. The first-order chi connectivity index (χ1) is 9.20. The van der Waals surface area contributed by atoms with Gasteiger partial charge in [0.1, 0.15) is 5.82 Å². The molecule has 2 aromatic rings. The number of ether oxygens (including phenoxy) is 1. The van der Waals surface area contributed by atoms with Crippen LogP contribution in [0, 0.1) is 5.82 Å². The molecule has 0 fully saturated rings. The molecule has 0 aliphatic rings. The highest BCUT2D eigenvalue weighted by Crippen LogP contribution is 2.28. The molecule has 1 aromatic heterocycles. The number of nitrogens with zero attached hydrogens (tertiary/aromatic N) is 1. The maximum Gasteiger partial charge on any atom is 0.167 e. The van der Waals surface area contributed by atoms with E-state index in [-0.39, 0.29) is 5.75 Å². The van der Waals surface area contributed by atoms with Gasteiger partial charge in [-0.1, -0.05) is 6.92 Å². The van der Waals surface area contributed by atoms with Gasteiger partial charge in [-0.05, 0) is 6.42 Å². The molecule has 6 heteroatoms. The lowest BCUT2D eigenvalue weighted by Gasteiger charge is -2.12. The van der Waals surface area contributed by atoms with E-state index in [1.54, 1.807) is 18.5 Å². The molecule has 0 unspecified atom stereocenters. The molecular formula is C13H17FN4O. The molecule has 1 aromatic carbocycles. The Kier molecular flexibility index (Phi) is 4.22. The number of anilines is 2. The fraction of sp³-hybridized carbons (Fsp3) is 0.308. The van der Waals surface area contributed by atoms with Crippen molar-refractivity contribution in [2.24, 2.45) is 0 Å². The molecule has 0 atom stereocenters. The number of nitrogen functional groups attached to an aromatic ring is 1. The Labute approximate surface area is 111 Å². The van der Waals surface area contributed by atoms with Crippen molar-refractivity contribution in [3.63, 3.8) is 0 Å². The summed E-state index contributed by atoms with van der Waals surface area (Å²) in [4.78, 5) is 7.05. The van der Waals surface area contributed by atoms with E-state index in [1.807, 2.05) is 6.92 Å². The summed E-state index contributed by atoms with van der Waals surface area (Å²) in [6, 6.07) is 2.83. The number of hydrogen-bond acceptors (Lipinski definition) is 4. The van der Waals surface area contributed by atoms with Gasteiger partial charge in [0.25, 0.3) is 0 Å². The van der Waals surface area contributed by atoms with Crippen LogP contribution in [0.4, 0.5) is 15.8 Å². The maximum atomic E-state index is 13.6. The largest absolute Gasteiger partial charge is 0.490 e. The zero-order chi connectivity index (χ0) is 13.7. The molecule has 0 spiro atoms. The van der Waals surface area contributed by atoms with Crippen molar-refractivity contribution in [2.75, 3.05) is 17.7 Å². The zero-order valence-electron chi connectivity index (χ0n) is 10.7. The summed E-state index contributed by atoms with van der Waals surface area (Å²) in [6.45, 7) is 2.92. The van der Waals surface area contributed by atoms with Gasteiger partial charge in [-0.25, -0.2) is 9.37 Å². The Bertz CT molecular complexity index is 528. The zero-order valence-corrected chi connectivity index (χ0v) is 10.7. The first-order valence-corrected chi connectivity index (χ1v) is 6.14. The lowest BCUT2D eigenvalue weighted by atomic mass is 10.2. The minimum Gasteiger partial charge on any atom is -0.490 e. The first kappa shape index (κ1) is 13.2. The van der Waals surface area contributed by atoms with Crippen LogP contribution in [-0.2, 0) is 6.54 Å². The number of H-pyrrole nitrogens is 1. The predicted molar refractivity (Wildman–Crippen MR) is 72.5 cm³/mol. The van der Waals surface area contributed by atoms with E-state index in [1.165, 1.54) is 6.07 Å². The van der Waals surface area contributed by atoms with E-state index < -0.39 is 5.82 Å². The lowest BCUT2D eigenvalue weighted by Crippen LogP contribution is -2.06. The number of aromatic amines is 1. The monoisotopic (exact) mass is 264 g/mol. The standard InChI is InChI=1S/C13H17FN4O/c1-2-5-19-12-7-11(10(15)6-9(12)14)18-8-13-16-3-4-17-13/h3-4,6-7,18H,2,5,8,15H2,1H3,(H,16,17). The number of aromatic nitrogens is 2. The molecule has 4 N–H and O–H groups in total. The van der Waals surface area contributed by atoms with Crippen LogP contribution in [0.3, 0.4) is 0 Å². The Balaban J connectivity index is 2.10. The van der Waals surface area contributed by atoms with Gasteiger partial charge in [0, 0.05) is 24.5 Å². The number of nitrogens with one attached hydrogen (secondary N) is 2. The second-order valence-corrected chi connectivity index (χ2v) is 4.11. The highest BCUT2D eigenvalue weighted by atomic mass is 19.1. The fourth-order valence-corrected chi connectivity index (χ4v) is 1.62. The molecule has 0 saturated heterocycles. The van der Waals surface area contributed by atoms with Crippen LogP contribution >= 0.6 is 0 Å². The number of rotatable bonds is 6. The molecule has 0 aliphatic carbocycles. The molecule has 1 heterocycles. The maximum absolute atomic E-state index is 13.6. The van der Waals surface area contributed by atoms with Crippen LogP contribution in [-0.4, -0.2) is 16.6 Å². The van der Waals surface area contributed by atoms with Crippen LogP contribution in [0.5, 0.6) is 5.75 Å². The highest BCUT2D eigenvalue weighted by molar-refractivity contribution is 5.68. The molecule has 0 bridgehead atoms. The number of halogens is 1. The van der Waals surface area contributed by atoms with Gasteiger partial charge >= 0.3 is 0 Å². The Morgan fingerprint density at radius 1 is 1.47 bits per heavy atom. The third-order valence-electron chi connectivity index (χ3n) is 2.57. The summed E-state index contributed by atoms with van der Waals surface area (Å²) in [6.07, 6.45) is 4.22. The summed E-state index contributed by atoms with van der Waals surface area (Å²) in [7, 11) is 0. The summed E-state index contributed by atoms with van der Waals surface area (Å²) in [5.74, 6) is 0.534. The summed E-state index contributed by atoms with van der Waals surface area (Å²) in [5, 5.41) is 3.09. The first-order valence-electron chi connectivity index (χ1n) is 6.14. The van der Waals surface area contributed by atoms with Crippen LogP contribution in [0.2, 0.25) is 0 Å². The molecule has 5 nitrogen and oxygen atoms in total. The fourth-order valence-electron chi connectivity index (χ4n) is 1.62. The van der Waals surface area contributed by atoms with Crippen molar-refractivity contribution in [2.45, 2.75) is 19.9 Å². The van der Waals surface area contributed by atoms with Crippen LogP contribution in [0.25, 0.3) is 0 Å². The van der Waals surface area contributed by atoms with Crippen molar-refractivity contribution in [3.8, 4) is 5.75 Å². The van der Waals surface area contributed by atoms with Crippen LogP contribution in [0.1, 0.15) is 19.2 Å². The number of imidazole rings is 1. The van der Waals surface area contributed by atoms with Gasteiger partial charge in [-0.15, -0.1) is 0 Å². The third-order valence-corrected chi connectivity index (χ3v) is 2.57. The van der Waals surface area contributed by atoms with Crippen molar-refractivity contribution in [3.05, 3.63) is 36.2 Å². The quantitative estimate of drug-likeness (QED) is 0.701. The van der Waals surface area contributed by atoms with Crippen molar-refractivity contribution in [1.29, 1.82) is 0 Å². The average Bonchev–Trinajstić information content (AvgIpc) is 2.90. The minimum atomic E-state index is -0.450. The number of nitrogens with two attached hydrogens (primary N) is 1. The normalized spacial score (nSPS) is 10.4. The van der Waals surface area contributed by atoms with Gasteiger partial charge in [-0.2, -0.15) is 0 Å². The second kappa shape index (κ2) is 6.08. The van der Waals surface area contributed by atoms with Crippen LogP contribution in [0.15, 0.2) is 24.5 Å². The SMILES string of the molecule is CCCOc1cc(NCc2ncc[nH]2)c(N)cc1F. The van der Waals surface area contributed by atoms with E-state index in [4.69, 9.17) is 10.5 Å². The Hall–Kier alpha value is -2.24. The number of hydrogen-bond donors (Lipinski definition) is 3. The van der Waals surface area contributed by atoms with Gasteiger partial charge in [0.05, 0.1) is 24.5 Å². The summed E-state index contributed by atoms with van der Waals surface area (Å²) >= 11 is 0. The Morgan fingerprint density at radius 2 is 2.32 bits per heavy atom. The second-order valence-electron chi connectivity index (χ2n) is 4.11. The minimum absolute atomic E-state index is 0.206. The van der Waals surface area contributed by atoms with Crippen molar-refractivity contribution < 1.29 is 9.13 Å².